The Morgan fingerprint density at radius 1 is 1.29 bits per heavy atom. The Bertz CT molecular complexity index is 1000. The predicted octanol–water partition coefficient (Wildman–Crippen LogP) is 2.71. The van der Waals surface area contributed by atoms with Gasteiger partial charge in [-0.3, -0.25) is 9.48 Å². The number of amides is 1. The monoisotopic (exact) mass is 398 g/mol. The zero-order valence-electron chi connectivity index (χ0n) is 15.8. The first-order valence-electron chi connectivity index (χ1n) is 9.08. The molecule has 3 rings (SSSR count). The molecule has 0 fully saturated rings. The molecule has 0 radical (unpaired) electrons. The van der Waals surface area contributed by atoms with E-state index in [1.807, 2.05) is 37.4 Å². The van der Waals surface area contributed by atoms with Gasteiger partial charge in [0.2, 0.25) is 0 Å². The number of fused-ring (bicyclic) bond motifs is 1. The van der Waals surface area contributed by atoms with Gasteiger partial charge in [-0.05, 0) is 26.0 Å². The highest BCUT2D eigenvalue weighted by Gasteiger charge is 2.23. The van der Waals surface area contributed by atoms with Crippen LogP contribution in [0.15, 0.2) is 42.7 Å². The Hall–Kier alpha value is -2.87. The van der Waals surface area contributed by atoms with E-state index in [9.17, 15) is 9.59 Å². The molecule has 2 heterocycles. The maximum atomic E-state index is 13.0. The number of esters is 1. The van der Waals surface area contributed by atoms with Crippen molar-refractivity contribution in [2.75, 3.05) is 12.4 Å². The number of benzene rings is 1. The van der Waals surface area contributed by atoms with Gasteiger partial charge in [0.05, 0.1) is 29.6 Å². The fourth-order valence-corrected chi connectivity index (χ4v) is 3.08. The van der Waals surface area contributed by atoms with Crippen molar-refractivity contribution in [2.45, 2.75) is 26.4 Å². The van der Waals surface area contributed by atoms with Crippen molar-refractivity contribution >= 4 is 35.4 Å². The van der Waals surface area contributed by atoms with Gasteiger partial charge in [0.1, 0.15) is 6.04 Å². The third-order valence-corrected chi connectivity index (χ3v) is 4.64. The summed E-state index contributed by atoms with van der Waals surface area (Å²) in [5, 5.41) is 7.69. The molecule has 146 valence electrons. The van der Waals surface area contributed by atoms with Crippen LogP contribution in [0.1, 0.15) is 24.2 Å². The predicted molar refractivity (Wildman–Crippen MR) is 110 cm³/mol. The summed E-state index contributed by atoms with van der Waals surface area (Å²) in [5.41, 5.74) is 2.58. The van der Waals surface area contributed by atoms with E-state index in [0.717, 1.165) is 12.1 Å². The number of hydrogen-bond donors (Lipinski definition) is 2. The standard InChI is InChI=1S/C20H22N4O3S/c1-3-24-11-13(10-21-24)17-9-15(14-7-5-6-8-16(14)22-17)19(25)23-18(12-28)20(26)27-4-2/h5-11,18,28H,3-4,12H2,1-2H3,(H,23,25)/t18-/m0/s1. The summed E-state index contributed by atoms with van der Waals surface area (Å²) in [6, 6.07) is 8.28. The van der Waals surface area contributed by atoms with Crippen LogP contribution in [0.3, 0.4) is 0 Å². The van der Waals surface area contributed by atoms with Crippen LogP contribution < -0.4 is 5.32 Å². The van der Waals surface area contributed by atoms with E-state index < -0.39 is 12.0 Å². The topological polar surface area (TPSA) is 86.1 Å². The Kier molecular flexibility index (Phi) is 6.30. The zero-order chi connectivity index (χ0) is 20.1. The molecule has 1 aromatic carbocycles. The molecule has 0 unspecified atom stereocenters. The number of nitrogens with zero attached hydrogens (tertiary/aromatic N) is 3. The molecule has 0 spiro atoms. The average molecular weight is 398 g/mol. The number of carbonyl (C=O) groups is 2. The molecule has 0 aliphatic rings. The van der Waals surface area contributed by atoms with Gasteiger partial charge in [-0.25, -0.2) is 9.78 Å². The number of aryl methyl sites for hydroxylation is 1. The van der Waals surface area contributed by atoms with Crippen LogP contribution in [-0.4, -0.2) is 45.0 Å². The van der Waals surface area contributed by atoms with Gasteiger partial charge in [0.15, 0.2) is 0 Å². The molecule has 0 aliphatic carbocycles. The number of carbonyl (C=O) groups excluding carboxylic acids is 2. The van der Waals surface area contributed by atoms with Crippen molar-refractivity contribution in [3.8, 4) is 11.3 Å². The van der Waals surface area contributed by atoms with E-state index in [0.29, 0.717) is 22.2 Å². The molecule has 0 bridgehead atoms. The summed E-state index contributed by atoms with van der Waals surface area (Å²) in [5.74, 6) is -0.743. The molecule has 3 aromatic rings. The summed E-state index contributed by atoms with van der Waals surface area (Å²) < 4.78 is 6.80. The Morgan fingerprint density at radius 2 is 2.07 bits per heavy atom. The lowest BCUT2D eigenvalue weighted by atomic mass is 10.0. The lowest BCUT2D eigenvalue weighted by Gasteiger charge is -2.16. The number of rotatable bonds is 7. The molecule has 8 heteroatoms. The van der Waals surface area contributed by atoms with Crippen LogP contribution in [0, 0.1) is 0 Å². The lowest BCUT2D eigenvalue weighted by molar-refractivity contribution is -0.144. The van der Waals surface area contributed by atoms with Gasteiger partial charge in [-0.1, -0.05) is 18.2 Å². The number of hydrogen-bond acceptors (Lipinski definition) is 6. The molecule has 1 N–H and O–H groups in total. The summed E-state index contributed by atoms with van der Waals surface area (Å²) in [6.07, 6.45) is 3.60. The first kappa shape index (κ1) is 19.9. The highest BCUT2D eigenvalue weighted by Crippen LogP contribution is 2.24. The van der Waals surface area contributed by atoms with Gasteiger partial charge >= 0.3 is 5.97 Å². The molecule has 1 amide bonds. The van der Waals surface area contributed by atoms with E-state index in [1.54, 1.807) is 23.9 Å². The van der Waals surface area contributed by atoms with Gasteiger partial charge < -0.3 is 10.1 Å². The number of nitrogens with one attached hydrogen (secondary N) is 1. The Morgan fingerprint density at radius 3 is 2.75 bits per heavy atom. The van der Waals surface area contributed by atoms with Crippen molar-refractivity contribution < 1.29 is 14.3 Å². The second-order valence-electron chi connectivity index (χ2n) is 6.12. The fourth-order valence-electron chi connectivity index (χ4n) is 2.84. The van der Waals surface area contributed by atoms with Crippen LogP contribution in [-0.2, 0) is 16.1 Å². The summed E-state index contributed by atoms with van der Waals surface area (Å²) in [7, 11) is 0. The molecule has 28 heavy (non-hydrogen) atoms. The number of thiol groups is 1. The first-order chi connectivity index (χ1) is 13.6. The molecule has 0 saturated carbocycles. The second-order valence-corrected chi connectivity index (χ2v) is 6.48. The zero-order valence-corrected chi connectivity index (χ0v) is 16.6. The van der Waals surface area contributed by atoms with Crippen LogP contribution in [0.4, 0.5) is 0 Å². The van der Waals surface area contributed by atoms with Crippen molar-refractivity contribution in [3.63, 3.8) is 0 Å². The fraction of sp³-hybridized carbons (Fsp3) is 0.300. The first-order valence-corrected chi connectivity index (χ1v) is 9.71. The van der Waals surface area contributed by atoms with Crippen molar-refractivity contribution in [3.05, 3.63) is 48.3 Å². The van der Waals surface area contributed by atoms with E-state index >= 15 is 0 Å². The minimum Gasteiger partial charge on any atom is -0.464 e. The quantitative estimate of drug-likeness (QED) is 0.472. The number of pyridine rings is 1. The van der Waals surface area contributed by atoms with Gasteiger partial charge in [0, 0.05) is 29.4 Å². The normalized spacial score (nSPS) is 12.0. The van der Waals surface area contributed by atoms with Crippen LogP contribution in [0.2, 0.25) is 0 Å². The molecular formula is C20H22N4O3S. The van der Waals surface area contributed by atoms with Crippen LogP contribution in [0.25, 0.3) is 22.2 Å². The number of ether oxygens (including phenoxy) is 1. The molecule has 0 aliphatic heterocycles. The molecule has 1 atom stereocenters. The van der Waals surface area contributed by atoms with Crippen LogP contribution >= 0.6 is 12.6 Å². The molecular weight excluding hydrogens is 376 g/mol. The molecule has 2 aromatic heterocycles. The maximum absolute atomic E-state index is 13.0. The summed E-state index contributed by atoms with van der Waals surface area (Å²) >= 11 is 4.16. The second kappa shape index (κ2) is 8.88. The van der Waals surface area contributed by atoms with Crippen LogP contribution in [0.5, 0.6) is 0 Å². The Balaban J connectivity index is 2.01. The largest absolute Gasteiger partial charge is 0.464 e. The molecule has 7 nitrogen and oxygen atoms in total. The van der Waals surface area contributed by atoms with E-state index in [4.69, 9.17) is 4.74 Å². The molecule has 0 saturated heterocycles. The number of aromatic nitrogens is 3. The minimum absolute atomic E-state index is 0.143. The third kappa shape index (κ3) is 4.17. The lowest BCUT2D eigenvalue weighted by Crippen LogP contribution is -2.43. The van der Waals surface area contributed by atoms with Crippen molar-refractivity contribution in [2.24, 2.45) is 0 Å². The average Bonchev–Trinajstić information content (AvgIpc) is 3.20. The van der Waals surface area contributed by atoms with E-state index in [1.165, 1.54) is 0 Å². The highest BCUT2D eigenvalue weighted by atomic mass is 32.1. The Labute approximate surface area is 168 Å². The number of para-hydroxylation sites is 1. The highest BCUT2D eigenvalue weighted by molar-refractivity contribution is 7.80. The third-order valence-electron chi connectivity index (χ3n) is 4.27. The van der Waals surface area contributed by atoms with E-state index in [2.05, 4.69) is 28.0 Å². The van der Waals surface area contributed by atoms with E-state index in [-0.39, 0.29) is 18.3 Å². The van der Waals surface area contributed by atoms with Gasteiger partial charge in [-0.2, -0.15) is 17.7 Å². The minimum atomic E-state index is -0.825. The smallest absolute Gasteiger partial charge is 0.329 e. The van der Waals surface area contributed by atoms with Gasteiger partial charge in [0.25, 0.3) is 5.91 Å². The maximum Gasteiger partial charge on any atom is 0.329 e. The SMILES string of the molecule is CCOC(=O)[C@H](CS)NC(=O)c1cc(-c2cnn(CC)c2)nc2ccccc12. The summed E-state index contributed by atoms with van der Waals surface area (Å²) in [6.45, 7) is 4.69. The van der Waals surface area contributed by atoms with Crippen molar-refractivity contribution in [1.82, 2.24) is 20.1 Å². The van der Waals surface area contributed by atoms with Gasteiger partial charge in [-0.15, -0.1) is 0 Å². The van der Waals surface area contributed by atoms with Crippen molar-refractivity contribution in [1.29, 1.82) is 0 Å². The summed E-state index contributed by atoms with van der Waals surface area (Å²) in [4.78, 5) is 29.7.